The Kier molecular flexibility index (Phi) is 12.5. The molecule has 2 rings (SSSR count). The Bertz CT molecular complexity index is 1030. The van der Waals surface area contributed by atoms with E-state index in [1.165, 1.54) is 0 Å². The van der Waals surface area contributed by atoms with E-state index in [2.05, 4.69) is 44.0 Å². The zero-order valence-electron chi connectivity index (χ0n) is 23.2. The fourth-order valence-electron chi connectivity index (χ4n) is 4.36. The third-order valence-corrected chi connectivity index (χ3v) is 7.76. The Hall–Kier alpha value is -2.50. The summed E-state index contributed by atoms with van der Waals surface area (Å²) in [5.41, 5.74) is 1.11. The molecular formula is C26H45N7O3S. The van der Waals surface area contributed by atoms with Crippen LogP contribution in [-0.2, 0) is 23.0 Å². The highest BCUT2D eigenvalue weighted by Crippen LogP contribution is 2.18. The van der Waals surface area contributed by atoms with Crippen molar-refractivity contribution < 1.29 is 13.2 Å². The van der Waals surface area contributed by atoms with Gasteiger partial charge in [-0.2, -0.15) is 5.10 Å². The van der Waals surface area contributed by atoms with Crippen LogP contribution >= 0.6 is 0 Å². The Morgan fingerprint density at radius 3 is 2.30 bits per heavy atom. The average Bonchev–Trinajstić information content (AvgIpc) is 3.32. The number of nitrogens with one attached hydrogen (secondary N) is 3. The van der Waals surface area contributed by atoms with Gasteiger partial charge < -0.3 is 15.1 Å². The van der Waals surface area contributed by atoms with Crippen molar-refractivity contribution in [2.75, 3.05) is 25.4 Å². The lowest BCUT2D eigenvalue weighted by atomic mass is 10.1. The monoisotopic (exact) mass is 535 g/mol. The predicted molar refractivity (Wildman–Crippen MR) is 148 cm³/mol. The van der Waals surface area contributed by atoms with Crippen LogP contribution < -0.4 is 10.0 Å². The van der Waals surface area contributed by atoms with Gasteiger partial charge in [0.25, 0.3) is 0 Å². The topological polar surface area (TPSA) is 123 Å². The van der Waals surface area contributed by atoms with Gasteiger partial charge in [-0.05, 0) is 72.2 Å². The van der Waals surface area contributed by atoms with Crippen LogP contribution in [0.5, 0.6) is 0 Å². The van der Waals surface area contributed by atoms with Gasteiger partial charge >= 0.3 is 6.03 Å². The van der Waals surface area contributed by atoms with Gasteiger partial charge in [0, 0.05) is 12.1 Å². The van der Waals surface area contributed by atoms with Gasteiger partial charge in [-0.3, -0.25) is 5.10 Å². The van der Waals surface area contributed by atoms with Gasteiger partial charge in [-0.15, -0.1) is 0 Å². The van der Waals surface area contributed by atoms with Crippen molar-refractivity contribution in [1.29, 1.82) is 0 Å². The smallest absolute Gasteiger partial charge is 0.318 e. The van der Waals surface area contributed by atoms with Gasteiger partial charge in [0.1, 0.15) is 5.82 Å². The van der Waals surface area contributed by atoms with Gasteiger partial charge in [0.05, 0.1) is 18.3 Å². The average molecular weight is 536 g/mol. The zero-order chi connectivity index (χ0) is 27.4. The summed E-state index contributed by atoms with van der Waals surface area (Å²) in [6.45, 7) is 14.7. The molecule has 0 fully saturated rings. The number of benzene rings is 1. The SMILES string of the molecule is CCN(CC)CCCS(=O)(=O)N[C@H](CCc1ccccc1)c1nc(CNC(=O)N(C(C)C)C(C)C)n[nH]1. The second kappa shape index (κ2) is 15.0. The zero-order valence-corrected chi connectivity index (χ0v) is 24.0. The third kappa shape index (κ3) is 10.4. The quantitative estimate of drug-likeness (QED) is 0.303. The molecule has 0 saturated carbocycles. The van der Waals surface area contributed by atoms with Crippen LogP contribution in [-0.4, -0.2) is 76.9 Å². The number of aryl methyl sites for hydroxylation is 1. The molecule has 1 aromatic heterocycles. The second-order valence-corrected chi connectivity index (χ2v) is 11.7. The molecule has 0 bridgehead atoms. The van der Waals surface area contributed by atoms with E-state index in [0.29, 0.717) is 30.9 Å². The van der Waals surface area contributed by atoms with Gasteiger partial charge in [-0.1, -0.05) is 44.2 Å². The van der Waals surface area contributed by atoms with E-state index in [9.17, 15) is 13.2 Å². The summed E-state index contributed by atoms with van der Waals surface area (Å²) in [6, 6.07) is 9.30. The second-order valence-electron chi connectivity index (χ2n) is 9.78. The van der Waals surface area contributed by atoms with E-state index in [-0.39, 0.29) is 30.4 Å². The van der Waals surface area contributed by atoms with Crippen LogP contribution in [0, 0.1) is 0 Å². The van der Waals surface area contributed by atoms with Crippen LogP contribution in [0.3, 0.4) is 0 Å². The van der Waals surface area contributed by atoms with Crippen molar-refractivity contribution in [3.05, 3.63) is 47.5 Å². The standard InChI is InChI=1S/C26H45N7O3S/c1-7-32(8-2)17-12-18-37(35,36)31-23(16-15-22-13-10-9-11-14-22)25-28-24(29-30-25)19-27-26(34)33(20(3)4)21(5)6/h9-11,13-14,20-21,23,31H,7-8,12,15-19H2,1-6H3,(H,27,34)(H,28,29,30)/t23-/m1/s1. The summed E-state index contributed by atoms with van der Waals surface area (Å²) in [5, 5.41) is 10.0. The minimum Gasteiger partial charge on any atom is -0.331 e. The Labute approximate surface area is 222 Å². The summed E-state index contributed by atoms with van der Waals surface area (Å²) >= 11 is 0. The molecule has 1 heterocycles. The molecule has 0 saturated heterocycles. The Morgan fingerprint density at radius 2 is 1.70 bits per heavy atom. The first-order valence-electron chi connectivity index (χ1n) is 13.3. The molecule has 1 aromatic carbocycles. The maximum absolute atomic E-state index is 13.0. The predicted octanol–water partition coefficient (Wildman–Crippen LogP) is 3.46. The molecule has 0 spiro atoms. The lowest BCUT2D eigenvalue weighted by molar-refractivity contribution is 0.164. The number of urea groups is 1. The molecule has 10 nitrogen and oxygen atoms in total. The number of aromatic nitrogens is 3. The van der Waals surface area contributed by atoms with Crippen LogP contribution in [0.2, 0.25) is 0 Å². The van der Waals surface area contributed by atoms with E-state index in [0.717, 1.165) is 25.2 Å². The molecule has 0 aliphatic rings. The number of hydrogen-bond donors (Lipinski definition) is 3. The Morgan fingerprint density at radius 1 is 1.05 bits per heavy atom. The summed E-state index contributed by atoms with van der Waals surface area (Å²) in [6.07, 6.45) is 1.76. The first-order chi connectivity index (χ1) is 17.6. The number of aromatic amines is 1. The number of carbonyl (C=O) groups is 1. The van der Waals surface area contributed by atoms with Crippen LogP contribution in [0.4, 0.5) is 4.79 Å². The molecule has 0 unspecified atom stereocenters. The number of H-pyrrole nitrogens is 1. The number of hydrogen-bond acceptors (Lipinski definition) is 6. The molecule has 0 aliphatic heterocycles. The van der Waals surface area contributed by atoms with Crippen molar-refractivity contribution in [3.8, 4) is 0 Å². The normalized spacial score (nSPS) is 12.9. The molecule has 0 radical (unpaired) electrons. The summed E-state index contributed by atoms with van der Waals surface area (Å²) in [5.74, 6) is 0.890. The molecule has 11 heteroatoms. The fourth-order valence-corrected chi connectivity index (χ4v) is 5.65. The minimum atomic E-state index is -3.53. The molecule has 1 atom stereocenters. The number of amides is 2. The highest BCUT2D eigenvalue weighted by Gasteiger charge is 2.24. The van der Waals surface area contributed by atoms with Crippen molar-refractivity contribution >= 4 is 16.1 Å². The van der Waals surface area contributed by atoms with Gasteiger partial charge in [0.2, 0.25) is 10.0 Å². The van der Waals surface area contributed by atoms with E-state index in [4.69, 9.17) is 0 Å². The van der Waals surface area contributed by atoms with E-state index >= 15 is 0 Å². The first kappa shape index (κ1) is 30.7. The largest absolute Gasteiger partial charge is 0.331 e. The summed E-state index contributed by atoms with van der Waals surface area (Å²) in [7, 11) is -3.53. The van der Waals surface area contributed by atoms with Gasteiger partial charge in [-0.25, -0.2) is 22.9 Å². The van der Waals surface area contributed by atoms with Crippen LogP contribution in [0.1, 0.15) is 77.6 Å². The van der Waals surface area contributed by atoms with Gasteiger partial charge in [0.15, 0.2) is 5.82 Å². The van der Waals surface area contributed by atoms with E-state index in [1.54, 1.807) is 4.90 Å². The molecular weight excluding hydrogens is 490 g/mol. The van der Waals surface area contributed by atoms with Crippen molar-refractivity contribution in [3.63, 3.8) is 0 Å². The molecule has 2 aromatic rings. The lowest BCUT2D eigenvalue weighted by Crippen LogP contribution is -2.47. The maximum atomic E-state index is 13.0. The van der Waals surface area contributed by atoms with Crippen molar-refractivity contribution in [2.24, 2.45) is 0 Å². The molecule has 208 valence electrons. The summed E-state index contributed by atoms with van der Waals surface area (Å²) < 4.78 is 28.7. The fraction of sp³-hybridized carbons (Fsp3) is 0.654. The lowest BCUT2D eigenvalue weighted by Gasteiger charge is -2.30. The molecule has 3 N–H and O–H groups in total. The minimum absolute atomic E-state index is 0.0443. The van der Waals surface area contributed by atoms with Crippen LogP contribution in [0.25, 0.3) is 0 Å². The number of nitrogens with zero attached hydrogens (tertiary/aromatic N) is 4. The number of sulfonamides is 1. The van der Waals surface area contributed by atoms with Crippen molar-refractivity contribution in [1.82, 2.24) is 35.0 Å². The van der Waals surface area contributed by atoms with Crippen LogP contribution in [0.15, 0.2) is 30.3 Å². The molecule has 37 heavy (non-hydrogen) atoms. The Balaban J connectivity index is 2.09. The highest BCUT2D eigenvalue weighted by atomic mass is 32.2. The van der Waals surface area contributed by atoms with E-state index in [1.807, 2.05) is 58.0 Å². The number of rotatable bonds is 16. The summed E-state index contributed by atoms with van der Waals surface area (Å²) in [4.78, 5) is 21.1. The third-order valence-electron chi connectivity index (χ3n) is 6.29. The number of carbonyl (C=O) groups excluding carboxylic acids is 1. The highest BCUT2D eigenvalue weighted by molar-refractivity contribution is 7.89. The molecule has 0 aliphatic carbocycles. The maximum Gasteiger partial charge on any atom is 0.318 e. The molecule has 2 amide bonds. The van der Waals surface area contributed by atoms with Crippen molar-refractivity contribution in [2.45, 2.75) is 85.5 Å². The first-order valence-corrected chi connectivity index (χ1v) is 14.9. The van der Waals surface area contributed by atoms with E-state index < -0.39 is 16.1 Å².